The molecule has 2 aromatic carbocycles. The largest absolute Gasteiger partial charge is 0.483 e. The van der Waals surface area contributed by atoms with E-state index in [1.165, 1.54) is 28.7 Å². The van der Waals surface area contributed by atoms with Crippen LogP contribution >= 0.6 is 23.1 Å². The van der Waals surface area contributed by atoms with Gasteiger partial charge in [0.15, 0.2) is 22.2 Å². The number of benzene rings is 2. The number of fused-ring (bicyclic) bond motifs is 1. The van der Waals surface area contributed by atoms with Crippen molar-refractivity contribution in [1.82, 2.24) is 19.7 Å². The molecule has 0 aliphatic carbocycles. The number of aromatic nitrogens is 4. The Morgan fingerprint density at radius 2 is 1.94 bits per heavy atom. The number of amides is 1. The van der Waals surface area contributed by atoms with E-state index < -0.39 is 0 Å². The lowest BCUT2D eigenvalue weighted by Crippen LogP contribution is -2.15. The first-order valence-corrected chi connectivity index (χ1v) is 12.3. The van der Waals surface area contributed by atoms with Gasteiger partial charge in [0.25, 0.3) is 0 Å². The number of aryl methyl sites for hydroxylation is 1. The summed E-state index contributed by atoms with van der Waals surface area (Å²) < 4.78 is 9.10. The number of anilines is 1. The lowest BCUT2D eigenvalue weighted by atomic mass is 10.2. The molecule has 7 nitrogen and oxygen atoms in total. The number of hydrogen-bond acceptors (Lipinski definition) is 7. The zero-order valence-corrected chi connectivity index (χ0v) is 19.9. The standard InChI is InChI=1S/C23H25N5O2S2/c1-4-16-10-12-17(13-11-16)30-15(3)21-26-27-23(28(21)5-2)31-14-20(29)25-22-24-18-8-6-7-9-19(18)32-22/h6-13,15H,4-5,14H2,1-3H3,(H,24,25,29). The van der Waals surface area contributed by atoms with E-state index in [0.717, 1.165) is 28.2 Å². The van der Waals surface area contributed by atoms with Crippen LogP contribution in [0.5, 0.6) is 5.75 Å². The first-order valence-electron chi connectivity index (χ1n) is 10.5. The van der Waals surface area contributed by atoms with Gasteiger partial charge in [-0.25, -0.2) is 4.98 Å². The summed E-state index contributed by atoms with van der Waals surface area (Å²) in [5.41, 5.74) is 2.15. The fourth-order valence-electron chi connectivity index (χ4n) is 3.28. The minimum absolute atomic E-state index is 0.124. The number of para-hydroxylation sites is 1. The number of ether oxygens (including phenoxy) is 1. The normalized spacial score (nSPS) is 12.1. The number of rotatable bonds is 9. The molecule has 166 valence electrons. The molecule has 9 heteroatoms. The predicted octanol–water partition coefficient (Wildman–Crippen LogP) is 5.34. The number of hydrogen-bond donors (Lipinski definition) is 1. The summed E-state index contributed by atoms with van der Waals surface area (Å²) >= 11 is 2.82. The molecule has 32 heavy (non-hydrogen) atoms. The van der Waals surface area contributed by atoms with Crippen molar-refractivity contribution < 1.29 is 9.53 Å². The number of carbonyl (C=O) groups excluding carboxylic acids is 1. The van der Waals surface area contributed by atoms with E-state index in [0.29, 0.717) is 16.8 Å². The fraction of sp³-hybridized carbons (Fsp3) is 0.304. The van der Waals surface area contributed by atoms with Crippen molar-refractivity contribution in [2.24, 2.45) is 0 Å². The van der Waals surface area contributed by atoms with Crippen molar-refractivity contribution in [3.63, 3.8) is 0 Å². The zero-order valence-electron chi connectivity index (χ0n) is 18.2. The summed E-state index contributed by atoms with van der Waals surface area (Å²) in [5, 5.41) is 12.8. The molecule has 0 spiro atoms. The smallest absolute Gasteiger partial charge is 0.236 e. The second-order valence-electron chi connectivity index (χ2n) is 7.17. The summed E-state index contributed by atoms with van der Waals surface area (Å²) in [6.45, 7) is 6.80. The van der Waals surface area contributed by atoms with Gasteiger partial charge in [-0.2, -0.15) is 0 Å². The van der Waals surface area contributed by atoms with Gasteiger partial charge < -0.3 is 14.6 Å². The molecule has 1 atom stereocenters. The van der Waals surface area contributed by atoms with Crippen LogP contribution in [-0.4, -0.2) is 31.4 Å². The minimum Gasteiger partial charge on any atom is -0.483 e. The highest BCUT2D eigenvalue weighted by Crippen LogP contribution is 2.27. The van der Waals surface area contributed by atoms with Crippen LogP contribution in [0.15, 0.2) is 53.7 Å². The molecule has 1 unspecified atom stereocenters. The van der Waals surface area contributed by atoms with Gasteiger partial charge in [0.1, 0.15) is 5.75 Å². The topological polar surface area (TPSA) is 81.9 Å². The van der Waals surface area contributed by atoms with Gasteiger partial charge in [-0.1, -0.05) is 54.3 Å². The number of nitrogens with one attached hydrogen (secondary N) is 1. The van der Waals surface area contributed by atoms with Crippen molar-refractivity contribution in [1.29, 1.82) is 0 Å². The Hall–Kier alpha value is -2.91. The van der Waals surface area contributed by atoms with Crippen molar-refractivity contribution in [3.8, 4) is 5.75 Å². The highest BCUT2D eigenvalue weighted by molar-refractivity contribution is 7.99. The van der Waals surface area contributed by atoms with Crippen LogP contribution in [0.25, 0.3) is 10.2 Å². The van der Waals surface area contributed by atoms with Crippen LogP contribution in [0, 0.1) is 0 Å². The Balaban J connectivity index is 1.37. The Morgan fingerprint density at radius 3 is 2.66 bits per heavy atom. The molecule has 0 bridgehead atoms. The molecular weight excluding hydrogens is 442 g/mol. The van der Waals surface area contributed by atoms with Crippen LogP contribution in [0.4, 0.5) is 5.13 Å². The van der Waals surface area contributed by atoms with Crippen molar-refractivity contribution >= 4 is 44.4 Å². The third kappa shape index (κ3) is 5.11. The molecule has 0 fully saturated rings. The molecule has 4 aromatic rings. The third-order valence-electron chi connectivity index (χ3n) is 4.94. The number of carbonyl (C=O) groups is 1. The maximum atomic E-state index is 12.4. The van der Waals surface area contributed by atoms with Gasteiger partial charge in [0, 0.05) is 6.54 Å². The summed E-state index contributed by atoms with van der Waals surface area (Å²) in [6.07, 6.45) is 0.730. The number of thioether (sulfide) groups is 1. The summed E-state index contributed by atoms with van der Waals surface area (Å²) in [4.78, 5) is 16.9. The second-order valence-corrected chi connectivity index (χ2v) is 9.14. The molecule has 0 aliphatic heterocycles. The number of thiazole rings is 1. The first kappa shape index (κ1) is 22.3. The average molecular weight is 468 g/mol. The van der Waals surface area contributed by atoms with Gasteiger partial charge in [0.2, 0.25) is 5.91 Å². The van der Waals surface area contributed by atoms with E-state index in [4.69, 9.17) is 4.74 Å². The molecule has 0 saturated heterocycles. The predicted molar refractivity (Wildman–Crippen MR) is 130 cm³/mol. The minimum atomic E-state index is -0.263. The Morgan fingerprint density at radius 1 is 1.16 bits per heavy atom. The summed E-state index contributed by atoms with van der Waals surface area (Å²) in [6, 6.07) is 15.9. The van der Waals surface area contributed by atoms with Crippen molar-refractivity contribution in [2.45, 2.75) is 45.0 Å². The molecule has 0 radical (unpaired) electrons. The highest BCUT2D eigenvalue weighted by atomic mass is 32.2. The van der Waals surface area contributed by atoms with Crippen LogP contribution < -0.4 is 10.1 Å². The second kappa shape index (κ2) is 10.1. The molecule has 2 heterocycles. The van der Waals surface area contributed by atoms with E-state index in [2.05, 4.69) is 39.6 Å². The zero-order chi connectivity index (χ0) is 22.5. The number of nitrogens with zero attached hydrogens (tertiary/aromatic N) is 4. The first-order chi connectivity index (χ1) is 15.6. The molecule has 1 amide bonds. The lowest BCUT2D eigenvalue weighted by Gasteiger charge is -2.15. The molecule has 2 aromatic heterocycles. The van der Waals surface area contributed by atoms with Gasteiger partial charge >= 0.3 is 0 Å². The van der Waals surface area contributed by atoms with Crippen LogP contribution in [0.3, 0.4) is 0 Å². The Kier molecular flexibility index (Phi) is 7.06. The average Bonchev–Trinajstić information content (AvgIpc) is 3.41. The Labute approximate surface area is 195 Å². The van der Waals surface area contributed by atoms with E-state index in [1.807, 2.05) is 54.8 Å². The van der Waals surface area contributed by atoms with E-state index in [9.17, 15) is 4.79 Å². The van der Waals surface area contributed by atoms with Crippen LogP contribution in [0.1, 0.15) is 38.3 Å². The molecule has 0 saturated carbocycles. The Bertz CT molecular complexity index is 1170. The van der Waals surface area contributed by atoms with E-state index in [-0.39, 0.29) is 17.8 Å². The molecule has 0 aliphatic rings. The maximum Gasteiger partial charge on any atom is 0.236 e. The summed E-state index contributed by atoms with van der Waals surface area (Å²) in [7, 11) is 0. The monoisotopic (exact) mass is 467 g/mol. The third-order valence-corrected chi connectivity index (χ3v) is 6.86. The SMILES string of the molecule is CCc1ccc(OC(C)c2nnc(SCC(=O)Nc3nc4ccccc4s3)n2CC)cc1. The van der Waals surface area contributed by atoms with Crippen LogP contribution in [-0.2, 0) is 17.8 Å². The van der Waals surface area contributed by atoms with Crippen LogP contribution in [0.2, 0.25) is 0 Å². The van der Waals surface area contributed by atoms with Crippen molar-refractivity contribution in [2.75, 3.05) is 11.1 Å². The van der Waals surface area contributed by atoms with Gasteiger partial charge in [0.05, 0.1) is 16.0 Å². The molecule has 4 rings (SSSR count). The van der Waals surface area contributed by atoms with E-state index in [1.54, 1.807) is 0 Å². The van der Waals surface area contributed by atoms with Gasteiger partial charge in [-0.15, -0.1) is 10.2 Å². The van der Waals surface area contributed by atoms with Gasteiger partial charge in [-0.3, -0.25) is 4.79 Å². The van der Waals surface area contributed by atoms with Gasteiger partial charge in [-0.05, 0) is 50.1 Å². The summed E-state index contributed by atoms with van der Waals surface area (Å²) in [5.74, 6) is 1.63. The molecular formula is C23H25N5O2S2. The molecule has 1 N–H and O–H groups in total. The highest BCUT2D eigenvalue weighted by Gasteiger charge is 2.19. The quantitative estimate of drug-likeness (QED) is 0.335. The fourth-order valence-corrected chi connectivity index (χ4v) is 4.97. The van der Waals surface area contributed by atoms with E-state index >= 15 is 0 Å². The van der Waals surface area contributed by atoms with Crippen molar-refractivity contribution in [3.05, 3.63) is 59.9 Å². The lowest BCUT2D eigenvalue weighted by molar-refractivity contribution is -0.113. The maximum absolute atomic E-state index is 12.4.